The van der Waals surface area contributed by atoms with E-state index in [0.717, 1.165) is 10.9 Å². The number of anilines is 1. The van der Waals surface area contributed by atoms with Crippen LogP contribution in [0, 0.1) is 0 Å². The summed E-state index contributed by atoms with van der Waals surface area (Å²) in [4.78, 5) is 41.7. The Labute approximate surface area is 218 Å². The quantitative estimate of drug-likeness (QED) is 0.122. The van der Waals surface area contributed by atoms with Crippen molar-refractivity contribution in [1.82, 2.24) is 24.8 Å². The SMILES string of the molecule is C[C@H]1N[C@@H](COP(=O)(O)OP(=O)(O)OC[C@H]2O[C@@H](n3cnc4c(=O)[nH]c(N)nc43)[C@H](O)[C@@H]2O)[C@H](O)[C@@H](O)[C@H]1O. The standard InChI is InChI=1S/C17H28N6O14P2/c1-5-9(24)12(27)10(25)6(20-5)2-34-38(30,31)37-39(32,33)35-3-7-11(26)13(28)16(36-7)23-4-19-8-14(23)21-17(18)22-15(8)29/h4-7,9-13,16,20,24-28H,2-3H2,1H3,(H,30,31)(H,32,33)(H3,18,21,22,29)/t5-,6+,7-,9+,10+,11-,12+,13-,16-/m1/s1. The van der Waals surface area contributed by atoms with E-state index < -0.39 is 89.4 Å². The van der Waals surface area contributed by atoms with Gasteiger partial charge in [0.2, 0.25) is 5.95 Å². The zero-order chi connectivity index (χ0) is 28.9. The van der Waals surface area contributed by atoms with Gasteiger partial charge in [0.25, 0.3) is 5.56 Å². The topological polar surface area (TPSA) is 314 Å². The summed E-state index contributed by atoms with van der Waals surface area (Å²) < 4.78 is 44.6. The van der Waals surface area contributed by atoms with Crippen molar-refractivity contribution >= 4 is 32.8 Å². The number of ether oxygens (including phenoxy) is 1. The number of aromatic amines is 1. The van der Waals surface area contributed by atoms with Gasteiger partial charge in [-0.2, -0.15) is 9.29 Å². The predicted octanol–water partition coefficient (Wildman–Crippen LogP) is -3.99. The summed E-state index contributed by atoms with van der Waals surface area (Å²) in [6.07, 6.45) is -9.64. The van der Waals surface area contributed by atoms with Crippen LogP contribution in [0.15, 0.2) is 11.1 Å². The van der Waals surface area contributed by atoms with E-state index in [2.05, 4.69) is 33.6 Å². The molecule has 2 fully saturated rings. The molecule has 20 nitrogen and oxygen atoms in total. The lowest BCUT2D eigenvalue weighted by Gasteiger charge is -2.40. The van der Waals surface area contributed by atoms with Gasteiger partial charge in [-0.1, -0.05) is 0 Å². The summed E-state index contributed by atoms with van der Waals surface area (Å²) in [5, 5.41) is 53.0. The van der Waals surface area contributed by atoms with E-state index in [1.807, 2.05) is 0 Å². The Morgan fingerprint density at radius 2 is 1.67 bits per heavy atom. The molecular formula is C17H28N6O14P2. The molecular weight excluding hydrogens is 574 g/mol. The average Bonchev–Trinajstić information content (AvgIpc) is 3.38. The first-order valence-corrected chi connectivity index (χ1v) is 14.3. The number of hydrogen-bond acceptors (Lipinski definition) is 16. The zero-order valence-corrected chi connectivity index (χ0v) is 21.8. The number of piperidine rings is 1. The van der Waals surface area contributed by atoms with Gasteiger partial charge in [-0.25, -0.2) is 14.1 Å². The van der Waals surface area contributed by atoms with Gasteiger partial charge in [-0.3, -0.25) is 23.4 Å². The minimum absolute atomic E-state index is 0.0856. The number of phosphoric acid groups is 2. The number of nitrogens with zero attached hydrogens (tertiary/aromatic N) is 3. The van der Waals surface area contributed by atoms with E-state index in [-0.39, 0.29) is 17.1 Å². The van der Waals surface area contributed by atoms with E-state index in [0.29, 0.717) is 0 Å². The number of nitrogens with two attached hydrogens (primary N) is 1. The third-order valence-corrected chi connectivity index (χ3v) is 8.79. The molecule has 11 atom stereocenters. The van der Waals surface area contributed by atoms with Crippen molar-refractivity contribution in [1.29, 1.82) is 0 Å². The van der Waals surface area contributed by atoms with Crippen molar-refractivity contribution in [3.05, 3.63) is 16.7 Å². The van der Waals surface area contributed by atoms with Crippen molar-refractivity contribution in [2.24, 2.45) is 0 Å². The molecule has 0 aliphatic carbocycles. The van der Waals surface area contributed by atoms with Crippen LogP contribution in [-0.2, 0) is 27.2 Å². The van der Waals surface area contributed by atoms with Gasteiger partial charge in [0.15, 0.2) is 17.4 Å². The third kappa shape index (κ3) is 6.39. The second-order valence-corrected chi connectivity index (χ2v) is 12.0. The Kier molecular flexibility index (Phi) is 8.63. The van der Waals surface area contributed by atoms with Gasteiger partial charge in [0.05, 0.1) is 31.7 Å². The molecule has 2 aromatic heterocycles. The molecule has 0 spiro atoms. The van der Waals surface area contributed by atoms with Crippen LogP contribution in [0.2, 0.25) is 0 Å². The van der Waals surface area contributed by atoms with Crippen molar-refractivity contribution in [2.75, 3.05) is 18.9 Å². The maximum atomic E-state index is 12.3. The summed E-state index contributed by atoms with van der Waals surface area (Å²) >= 11 is 0. The van der Waals surface area contributed by atoms with Crippen LogP contribution in [0.5, 0.6) is 0 Å². The molecule has 4 heterocycles. The zero-order valence-electron chi connectivity index (χ0n) is 20.0. The third-order valence-electron chi connectivity index (χ3n) is 6.19. The lowest BCUT2D eigenvalue weighted by Crippen LogP contribution is -2.65. The fourth-order valence-corrected chi connectivity index (χ4v) is 6.27. The highest BCUT2D eigenvalue weighted by Crippen LogP contribution is 2.60. The van der Waals surface area contributed by atoms with Gasteiger partial charge in [-0.05, 0) is 6.92 Å². The van der Waals surface area contributed by atoms with Crippen LogP contribution < -0.4 is 16.6 Å². The highest BCUT2D eigenvalue weighted by atomic mass is 31.3. The second-order valence-electron chi connectivity index (χ2n) is 8.97. The van der Waals surface area contributed by atoms with Crippen LogP contribution in [-0.4, -0.2) is 117 Å². The fraction of sp³-hybridized carbons (Fsp3) is 0.706. The van der Waals surface area contributed by atoms with Crippen LogP contribution in [0.25, 0.3) is 11.2 Å². The van der Waals surface area contributed by atoms with Crippen molar-refractivity contribution in [3.63, 3.8) is 0 Å². The first-order chi connectivity index (χ1) is 18.1. The number of H-pyrrole nitrogens is 1. The van der Waals surface area contributed by atoms with E-state index in [1.54, 1.807) is 0 Å². The molecule has 0 bridgehead atoms. The number of rotatable bonds is 9. The summed E-state index contributed by atoms with van der Waals surface area (Å²) in [7, 11) is -10.6. The molecule has 220 valence electrons. The molecule has 0 radical (unpaired) electrons. The normalized spacial score (nSPS) is 36.6. The van der Waals surface area contributed by atoms with Crippen LogP contribution in [0.1, 0.15) is 13.2 Å². The maximum absolute atomic E-state index is 12.3. The second kappa shape index (κ2) is 11.2. The molecule has 2 aromatic rings. The smallest absolute Gasteiger partial charge is 0.389 e. The average molecular weight is 602 g/mol. The first kappa shape index (κ1) is 30.1. The highest BCUT2D eigenvalue weighted by molar-refractivity contribution is 7.61. The number of aliphatic hydroxyl groups excluding tert-OH is 5. The van der Waals surface area contributed by atoms with Gasteiger partial charge in [0.1, 0.15) is 30.5 Å². The molecule has 2 aliphatic heterocycles. The molecule has 0 aromatic carbocycles. The fourth-order valence-electron chi connectivity index (χ4n) is 4.16. The Bertz CT molecular complexity index is 1340. The van der Waals surface area contributed by atoms with E-state index in [4.69, 9.17) is 10.5 Å². The van der Waals surface area contributed by atoms with Crippen molar-refractivity contribution < 1.29 is 62.5 Å². The molecule has 4 rings (SSSR count). The lowest BCUT2D eigenvalue weighted by molar-refractivity contribution is -0.116. The van der Waals surface area contributed by atoms with E-state index in [1.165, 1.54) is 6.92 Å². The summed E-state index contributed by atoms with van der Waals surface area (Å²) in [6.45, 7) is -0.225. The minimum atomic E-state index is -5.34. The molecule has 0 amide bonds. The lowest BCUT2D eigenvalue weighted by atomic mass is 9.91. The monoisotopic (exact) mass is 602 g/mol. The number of phosphoric ester groups is 2. The highest BCUT2D eigenvalue weighted by Gasteiger charge is 2.47. The van der Waals surface area contributed by atoms with Crippen LogP contribution in [0.3, 0.4) is 0 Å². The van der Waals surface area contributed by atoms with Gasteiger partial charge in [-0.15, -0.1) is 0 Å². The van der Waals surface area contributed by atoms with Gasteiger partial charge >= 0.3 is 15.6 Å². The Morgan fingerprint density at radius 3 is 2.33 bits per heavy atom. The number of aromatic nitrogens is 4. The number of hydrogen-bond donors (Lipinski definition) is 10. The maximum Gasteiger partial charge on any atom is 0.481 e. The molecule has 2 unspecified atom stereocenters. The number of imidazole rings is 1. The Morgan fingerprint density at radius 1 is 1.03 bits per heavy atom. The van der Waals surface area contributed by atoms with E-state index >= 15 is 0 Å². The number of nitrogens with one attached hydrogen (secondary N) is 2. The molecule has 22 heteroatoms. The minimum Gasteiger partial charge on any atom is -0.389 e. The molecule has 11 N–H and O–H groups in total. The summed E-state index contributed by atoms with van der Waals surface area (Å²) in [5.74, 6) is -0.256. The molecule has 0 saturated carbocycles. The molecule has 39 heavy (non-hydrogen) atoms. The number of aliphatic hydroxyl groups is 5. The predicted molar refractivity (Wildman–Crippen MR) is 126 cm³/mol. The Balaban J connectivity index is 1.35. The van der Waals surface area contributed by atoms with Crippen LogP contribution >= 0.6 is 15.6 Å². The van der Waals surface area contributed by atoms with Gasteiger partial charge in [0, 0.05) is 6.04 Å². The largest absolute Gasteiger partial charge is 0.481 e. The Hall–Kier alpha value is -1.87. The summed E-state index contributed by atoms with van der Waals surface area (Å²) in [5.41, 5.74) is 4.63. The van der Waals surface area contributed by atoms with E-state index in [9.17, 15) is 49.2 Å². The van der Waals surface area contributed by atoms with Gasteiger partial charge < -0.3 is 51.1 Å². The first-order valence-electron chi connectivity index (χ1n) is 11.3. The van der Waals surface area contributed by atoms with Crippen molar-refractivity contribution in [2.45, 2.75) is 61.9 Å². The van der Waals surface area contributed by atoms with Crippen LogP contribution in [0.4, 0.5) is 5.95 Å². The number of fused-ring (bicyclic) bond motifs is 1. The van der Waals surface area contributed by atoms with Crippen molar-refractivity contribution in [3.8, 4) is 0 Å². The molecule has 2 saturated heterocycles. The number of nitrogen functional groups attached to an aromatic ring is 1. The molecule has 2 aliphatic rings. The summed E-state index contributed by atoms with van der Waals surface area (Å²) in [6, 6.07) is -1.88.